The number of guanidine groups is 1. The number of benzene rings is 2. The lowest BCUT2D eigenvalue weighted by atomic mass is 10.0. The van der Waals surface area contributed by atoms with Crippen molar-refractivity contribution in [2.75, 3.05) is 25.0 Å². The number of aliphatic imine (C=N–C) groups is 1. The summed E-state index contributed by atoms with van der Waals surface area (Å²) in [6.07, 6.45) is 4.60. The highest BCUT2D eigenvalue weighted by molar-refractivity contribution is 5.94. The number of nitrogens with zero attached hydrogens (tertiary/aromatic N) is 2. The smallest absolute Gasteiger partial charge is 0.198 e. The predicted molar refractivity (Wildman–Crippen MR) is 117 cm³/mol. The van der Waals surface area contributed by atoms with E-state index in [1.807, 2.05) is 36.4 Å². The van der Waals surface area contributed by atoms with Gasteiger partial charge in [0, 0.05) is 30.9 Å². The molecule has 0 aliphatic carbocycles. The molecule has 0 radical (unpaired) electrons. The molecule has 0 amide bonds. The van der Waals surface area contributed by atoms with Gasteiger partial charge in [-0.2, -0.15) is 0 Å². The summed E-state index contributed by atoms with van der Waals surface area (Å²) < 4.78 is 5.97. The van der Waals surface area contributed by atoms with E-state index in [9.17, 15) is 0 Å². The van der Waals surface area contributed by atoms with E-state index >= 15 is 0 Å². The van der Waals surface area contributed by atoms with Gasteiger partial charge < -0.3 is 20.7 Å². The van der Waals surface area contributed by atoms with Crippen molar-refractivity contribution in [3.63, 3.8) is 0 Å². The van der Waals surface area contributed by atoms with Crippen LogP contribution >= 0.6 is 0 Å². The lowest BCUT2D eigenvalue weighted by Gasteiger charge is -2.36. The number of likely N-dealkylation sites (tertiary alicyclic amines) is 1. The molecular formula is C23H32N4O. The molecule has 1 aliphatic rings. The molecule has 0 saturated carbocycles. The van der Waals surface area contributed by atoms with E-state index in [-0.39, 0.29) is 0 Å². The molecule has 2 aromatic rings. The second-order valence-corrected chi connectivity index (χ2v) is 7.31. The summed E-state index contributed by atoms with van der Waals surface area (Å²) in [5, 5.41) is 3.53. The first-order valence-electron chi connectivity index (χ1n) is 10.3. The largest absolute Gasteiger partial charge is 0.489 e. The molecule has 1 unspecified atom stereocenters. The lowest BCUT2D eigenvalue weighted by molar-refractivity contribution is 0.257. The maximum absolute atomic E-state index is 5.97. The zero-order chi connectivity index (χ0) is 19.6. The third kappa shape index (κ3) is 5.99. The Kier molecular flexibility index (Phi) is 7.73. The van der Waals surface area contributed by atoms with Gasteiger partial charge in [-0.05, 0) is 56.8 Å². The van der Waals surface area contributed by atoms with Crippen LogP contribution in [0.1, 0.15) is 38.2 Å². The number of nitrogens with one attached hydrogen (secondary N) is 1. The molecule has 3 rings (SSSR count). The molecule has 28 heavy (non-hydrogen) atoms. The Hall–Kier alpha value is -2.53. The summed E-state index contributed by atoms with van der Waals surface area (Å²) in [7, 11) is 0. The molecule has 3 N–H and O–H groups in total. The van der Waals surface area contributed by atoms with Gasteiger partial charge >= 0.3 is 0 Å². The normalized spacial score (nSPS) is 17.4. The highest BCUT2D eigenvalue weighted by atomic mass is 16.5. The van der Waals surface area contributed by atoms with Gasteiger partial charge in [-0.25, -0.2) is 0 Å². The number of rotatable bonds is 7. The molecule has 1 fully saturated rings. The first kappa shape index (κ1) is 20.2. The topological polar surface area (TPSA) is 62.9 Å². The summed E-state index contributed by atoms with van der Waals surface area (Å²) in [4.78, 5) is 7.20. The van der Waals surface area contributed by atoms with Crippen LogP contribution in [0.2, 0.25) is 0 Å². The molecule has 0 aromatic heterocycles. The van der Waals surface area contributed by atoms with Crippen molar-refractivity contribution in [3.8, 4) is 5.75 Å². The zero-order valence-electron chi connectivity index (χ0n) is 16.8. The van der Waals surface area contributed by atoms with Crippen LogP contribution in [0, 0.1) is 0 Å². The summed E-state index contributed by atoms with van der Waals surface area (Å²) >= 11 is 0. The van der Waals surface area contributed by atoms with Crippen LogP contribution < -0.4 is 15.8 Å². The van der Waals surface area contributed by atoms with E-state index in [4.69, 9.17) is 15.5 Å². The minimum atomic E-state index is 0.496. The molecule has 0 bridgehead atoms. The Bertz CT molecular complexity index is 747. The van der Waals surface area contributed by atoms with Crippen LogP contribution in [0.15, 0.2) is 59.6 Å². The molecule has 1 aliphatic heterocycles. The SMILES string of the molecule is CC1CCCCN1C(=NCCCN)Nc1cccc(OCc2ccccc2)c1. The van der Waals surface area contributed by atoms with Crippen molar-refractivity contribution in [2.24, 2.45) is 10.7 Å². The maximum atomic E-state index is 5.97. The average molecular weight is 381 g/mol. The summed E-state index contributed by atoms with van der Waals surface area (Å²) in [5.41, 5.74) is 7.81. The monoisotopic (exact) mass is 380 g/mol. The van der Waals surface area contributed by atoms with Crippen molar-refractivity contribution in [3.05, 3.63) is 60.2 Å². The Balaban J connectivity index is 1.68. The van der Waals surface area contributed by atoms with Gasteiger partial charge in [0.15, 0.2) is 5.96 Å². The molecule has 1 atom stereocenters. The van der Waals surface area contributed by atoms with Gasteiger partial charge in [-0.1, -0.05) is 36.4 Å². The average Bonchev–Trinajstić information content (AvgIpc) is 2.73. The highest BCUT2D eigenvalue weighted by Crippen LogP contribution is 2.22. The molecular weight excluding hydrogens is 348 g/mol. The highest BCUT2D eigenvalue weighted by Gasteiger charge is 2.21. The van der Waals surface area contributed by atoms with Crippen LogP contribution in [0.3, 0.4) is 0 Å². The third-order valence-corrected chi connectivity index (χ3v) is 5.04. The predicted octanol–water partition coefficient (Wildman–Crippen LogP) is 4.26. The Morgan fingerprint density at radius 1 is 1.18 bits per heavy atom. The van der Waals surface area contributed by atoms with Crippen LogP contribution in [-0.4, -0.2) is 36.5 Å². The molecule has 150 valence electrons. The number of piperidine rings is 1. The fourth-order valence-corrected chi connectivity index (χ4v) is 3.42. The summed E-state index contributed by atoms with van der Waals surface area (Å²) in [6, 6.07) is 18.8. The van der Waals surface area contributed by atoms with Gasteiger partial charge in [0.05, 0.1) is 0 Å². The van der Waals surface area contributed by atoms with Gasteiger partial charge in [0.1, 0.15) is 12.4 Å². The minimum absolute atomic E-state index is 0.496. The molecule has 0 spiro atoms. The van der Waals surface area contributed by atoms with E-state index in [0.29, 0.717) is 19.2 Å². The summed E-state index contributed by atoms with van der Waals surface area (Å²) in [5.74, 6) is 1.79. The van der Waals surface area contributed by atoms with E-state index in [1.54, 1.807) is 0 Å². The molecule has 2 aromatic carbocycles. The lowest BCUT2D eigenvalue weighted by Crippen LogP contribution is -2.45. The van der Waals surface area contributed by atoms with E-state index in [1.165, 1.54) is 19.3 Å². The quantitative estimate of drug-likeness (QED) is 0.428. The fourth-order valence-electron chi connectivity index (χ4n) is 3.42. The molecule has 1 saturated heterocycles. The first-order valence-corrected chi connectivity index (χ1v) is 10.3. The first-order chi connectivity index (χ1) is 13.8. The van der Waals surface area contributed by atoms with Crippen LogP contribution in [0.4, 0.5) is 5.69 Å². The Labute approximate surface area is 168 Å². The van der Waals surface area contributed by atoms with Gasteiger partial charge in [-0.15, -0.1) is 0 Å². The second kappa shape index (κ2) is 10.7. The number of nitrogens with two attached hydrogens (primary N) is 1. The number of hydrogen-bond donors (Lipinski definition) is 2. The van der Waals surface area contributed by atoms with Crippen LogP contribution in [-0.2, 0) is 6.61 Å². The Morgan fingerprint density at radius 2 is 2.04 bits per heavy atom. The van der Waals surface area contributed by atoms with Crippen molar-refractivity contribution in [1.82, 2.24) is 4.90 Å². The molecule has 5 heteroatoms. The van der Waals surface area contributed by atoms with Crippen LogP contribution in [0.5, 0.6) is 5.75 Å². The molecule has 1 heterocycles. The van der Waals surface area contributed by atoms with Gasteiger partial charge in [0.25, 0.3) is 0 Å². The van der Waals surface area contributed by atoms with E-state index < -0.39 is 0 Å². The van der Waals surface area contributed by atoms with Crippen molar-refractivity contribution in [2.45, 2.75) is 45.3 Å². The molecule has 5 nitrogen and oxygen atoms in total. The minimum Gasteiger partial charge on any atom is -0.489 e. The Morgan fingerprint density at radius 3 is 2.82 bits per heavy atom. The zero-order valence-corrected chi connectivity index (χ0v) is 16.8. The number of ether oxygens (including phenoxy) is 1. The van der Waals surface area contributed by atoms with Crippen molar-refractivity contribution >= 4 is 11.6 Å². The summed E-state index contributed by atoms with van der Waals surface area (Å²) in [6.45, 7) is 5.28. The van der Waals surface area contributed by atoms with E-state index in [2.05, 4.69) is 35.3 Å². The number of hydrogen-bond acceptors (Lipinski definition) is 3. The van der Waals surface area contributed by atoms with Gasteiger partial charge in [-0.3, -0.25) is 4.99 Å². The standard InChI is InChI=1S/C23H32N4O/c1-19-9-5-6-16-27(19)23(25-15-8-14-24)26-21-12-7-13-22(17-21)28-18-20-10-3-2-4-11-20/h2-4,7,10-13,17,19H,5-6,8-9,14-16,18,24H2,1H3,(H,25,26). The van der Waals surface area contributed by atoms with E-state index in [0.717, 1.165) is 42.5 Å². The van der Waals surface area contributed by atoms with Crippen molar-refractivity contribution < 1.29 is 4.74 Å². The maximum Gasteiger partial charge on any atom is 0.198 e. The fraction of sp³-hybridized carbons (Fsp3) is 0.435. The van der Waals surface area contributed by atoms with Crippen molar-refractivity contribution in [1.29, 1.82) is 0 Å². The second-order valence-electron chi connectivity index (χ2n) is 7.31. The van der Waals surface area contributed by atoms with Crippen LogP contribution in [0.25, 0.3) is 0 Å². The van der Waals surface area contributed by atoms with Gasteiger partial charge in [0.2, 0.25) is 0 Å². The third-order valence-electron chi connectivity index (χ3n) is 5.04. The number of anilines is 1.